The molecule has 1 heterocycles. The number of rotatable bonds is 4. The lowest BCUT2D eigenvalue weighted by molar-refractivity contribution is -0.911. The minimum Gasteiger partial charge on any atom is -0.871 e. The Kier molecular flexibility index (Phi) is 6.41. The molecule has 0 saturated carbocycles. The van der Waals surface area contributed by atoms with Crippen molar-refractivity contribution < 1.29 is 23.5 Å². The van der Waals surface area contributed by atoms with Crippen molar-refractivity contribution in [1.29, 1.82) is 0 Å². The fraction of sp³-hybridized carbons (Fsp3) is 0.368. The van der Waals surface area contributed by atoms with Crippen molar-refractivity contribution in [3.8, 4) is 11.5 Å². The third-order valence-corrected chi connectivity index (χ3v) is 7.48. The maximum absolute atomic E-state index is 12.9. The molecule has 1 saturated heterocycles. The molecule has 6 nitrogen and oxygen atoms in total. The summed E-state index contributed by atoms with van der Waals surface area (Å²) in [7, 11) is -3.56. The molecule has 1 atom stereocenters. The van der Waals surface area contributed by atoms with Crippen molar-refractivity contribution in [1.82, 2.24) is 4.31 Å². The number of sulfonamides is 1. The summed E-state index contributed by atoms with van der Waals surface area (Å²) in [6.45, 7) is 4.06. The van der Waals surface area contributed by atoms with E-state index in [1.807, 2.05) is 6.92 Å². The maximum atomic E-state index is 12.9. The van der Waals surface area contributed by atoms with Gasteiger partial charge < -0.3 is 15.1 Å². The van der Waals surface area contributed by atoms with Crippen LogP contribution in [0, 0.1) is 6.92 Å². The van der Waals surface area contributed by atoms with Gasteiger partial charge in [0, 0.05) is 23.6 Å². The Bertz CT molecular complexity index is 939. The molecule has 2 aromatic carbocycles. The average Bonchev–Trinajstić information content (AvgIpc) is 2.90. The molecule has 0 bridgehead atoms. The Morgan fingerprint density at radius 3 is 2.50 bits per heavy atom. The van der Waals surface area contributed by atoms with Gasteiger partial charge in [0.05, 0.1) is 29.6 Å². The smallest absolute Gasteiger partial charge is 0.243 e. The number of benzene rings is 2. The van der Waals surface area contributed by atoms with Gasteiger partial charge in [-0.05, 0) is 25.1 Å². The molecule has 0 spiro atoms. The van der Waals surface area contributed by atoms with Crippen LogP contribution in [-0.4, -0.2) is 44.0 Å². The maximum Gasteiger partial charge on any atom is 0.243 e. The first-order valence-corrected chi connectivity index (χ1v) is 11.2. The van der Waals surface area contributed by atoms with E-state index in [1.165, 1.54) is 10.4 Å². The van der Waals surface area contributed by atoms with Gasteiger partial charge in [0.25, 0.3) is 0 Å². The predicted molar refractivity (Wildman–Crippen MR) is 107 cm³/mol. The van der Waals surface area contributed by atoms with Crippen LogP contribution in [0.25, 0.3) is 0 Å². The Labute approximate surface area is 175 Å². The van der Waals surface area contributed by atoms with E-state index >= 15 is 0 Å². The van der Waals surface area contributed by atoms with E-state index in [0.717, 1.165) is 10.5 Å². The van der Waals surface area contributed by atoms with Crippen molar-refractivity contribution in [3.05, 3.63) is 51.5 Å². The molecule has 1 fully saturated rings. The van der Waals surface area contributed by atoms with Crippen LogP contribution < -0.4 is 10.0 Å². The molecule has 2 aromatic rings. The number of hydrogen-bond donors (Lipinski definition) is 2. The zero-order valence-corrected chi connectivity index (χ0v) is 17.7. The highest BCUT2D eigenvalue weighted by Gasteiger charge is 2.29. The van der Waals surface area contributed by atoms with E-state index in [0.29, 0.717) is 32.6 Å². The fourth-order valence-electron chi connectivity index (χ4n) is 3.36. The summed E-state index contributed by atoms with van der Waals surface area (Å²) in [5.41, 5.74) is 1.17. The molecule has 2 N–H and O–H groups in total. The second kappa shape index (κ2) is 8.47. The monoisotopic (exact) mass is 444 g/mol. The molecule has 28 heavy (non-hydrogen) atoms. The number of phenols is 1. The number of phenolic OH excluding ortho intramolecular Hbond substituents is 1. The van der Waals surface area contributed by atoms with E-state index in [9.17, 15) is 18.6 Å². The van der Waals surface area contributed by atoms with E-state index < -0.39 is 15.8 Å². The second-order valence-electron chi connectivity index (χ2n) is 6.99. The fourth-order valence-corrected chi connectivity index (χ4v) is 5.34. The summed E-state index contributed by atoms with van der Waals surface area (Å²) >= 11 is 11.8. The van der Waals surface area contributed by atoms with Crippen molar-refractivity contribution in [3.63, 3.8) is 0 Å². The Morgan fingerprint density at radius 2 is 1.82 bits per heavy atom. The van der Waals surface area contributed by atoms with Gasteiger partial charge in [0.1, 0.15) is 12.3 Å². The van der Waals surface area contributed by atoms with Gasteiger partial charge in [-0.3, -0.25) is 0 Å². The first-order valence-electron chi connectivity index (χ1n) is 8.97. The number of aromatic hydroxyl groups is 1. The van der Waals surface area contributed by atoms with Crippen LogP contribution in [0.5, 0.6) is 11.5 Å². The van der Waals surface area contributed by atoms with Gasteiger partial charge in [0.2, 0.25) is 10.0 Å². The molecule has 1 aliphatic heterocycles. The van der Waals surface area contributed by atoms with Crippen LogP contribution in [0.2, 0.25) is 10.0 Å². The Morgan fingerprint density at radius 1 is 1.14 bits per heavy atom. The third kappa shape index (κ3) is 4.39. The molecule has 9 heteroatoms. The molecular formula is C19H22Cl2N2O4S. The van der Waals surface area contributed by atoms with E-state index in [1.54, 1.807) is 24.3 Å². The molecule has 1 unspecified atom stereocenters. The summed E-state index contributed by atoms with van der Waals surface area (Å²) in [6, 6.07) is 8.04. The first-order chi connectivity index (χ1) is 13.2. The van der Waals surface area contributed by atoms with Gasteiger partial charge in [-0.25, -0.2) is 8.42 Å². The minimum absolute atomic E-state index is 0.0319. The highest BCUT2D eigenvalue weighted by Crippen LogP contribution is 2.37. The van der Waals surface area contributed by atoms with Gasteiger partial charge in [0.15, 0.2) is 0 Å². The van der Waals surface area contributed by atoms with Gasteiger partial charge in [-0.1, -0.05) is 46.6 Å². The highest BCUT2D eigenvalue weighted by molar-refractivity contribution is 7.89. The van der Waals surface area contributed by atoms with Crippen molar-refractivity contribution in [2.24, 2.45) is 0 Å². The SMILES string of the molecule is Cc1ccc(S(=O)(=O)N2CCC[NH+](Cc3c([O-])c(Cl)cc(Cl)c3O)CC2)cc1. The second-order valence-corrected chi connectivity index (χ2v) is 9.75. The van der Waals surface area contributed by atoms with Crippen molar-refractivity contribution >= 4 is 33.2 Å². The summed E-state index contributed by atoms with van der Waals surface area (Å²) in [4.78, 5) is 1.27. The van der Waals surface area contributed by atoms with Crippen LogP contribution in [0.1, 0.15) is 17.5 Å². The lowest BCUT2D eigenvalue weighted by Gasteiger charge is -2.23. The molecule has 0 aromatic heterocycles. The quantitative estimate of drug-likeness (QED) is 0.748. The van der Waals surface area contributed by atoms with E-state index in [-0.39, 0.29) is 32.8 Å². The lowest BCUT2D eigenvalue weighted by atomic mass is 10.1. The molecular weight excluding hydrogens is 423 g/mol. The number of nitrogens with zero attached hydrogens (tertiary/aromatic N) is 1. The normalized spacial score (nSPS) is 18.8. The standard InChI is InChI=1S/C19H22Cl2N2O4S/c1-13-3-5-14(6-4-13)28(26,27)23-8-2-7-22(9-10-23)12-15-18(24)16(20)11-17(21)19(15)25/h3-6,11,24-25H,2,7-10,12H2,1H3. The molecule has 0 radical (unpaired) electrons. The number of halogens is 2. The van der Waals surface area contributed by atoms with Crippen LogP contribution in [-0.2, 0) is 16.6 Å². The van der Waals surface area contributed by atoms with E-state index in [4.69, 9.17) is 23.2 Å². The van der Waals surface area contributed by atoms with Crippen molar-refractivity contribution in [2.75, 3.05) is 26.2 Å². The zero-order chi connectivity index (χ0) is 20.5. The topological polar surface area (TPSA) is 85.1 Å². The van der Waals surface area contributed by atoms with Gasteiger partial charge in [-0.2, -0.15) is 4.31 Å². The molecule has 1 aliphatic rings. The van der Waals surface area contributed by atoms with Crippen LogP contribution in [0.4, 0.5) is 0 Å². The number of quaternary nitrogens is 1. The first kappa shape index (κ1) is 21.2. The van der Waals surface area contributed by atoms with Crippen LogP contribution >= 0.6 is 23.2 Å². The zero-order valence-electron chi connectivity index (χ0n) is 15.4. The lowest BCUT2D eigenvalue weighted by Crippen LogP contribution is -3.11. The summed E-state index contributed by atoms with van der Waals surface area (Å²) in [5.74, 6) is -0.693. The van der Waals surface area contributed by atoms with Crippen molar-refractivity contribution in [2.45, 2.75) is 24.8 Å². The van der Waals surface area contributed by atoms with Crippen LogP contribution in [0.3, 0.4) is 0 Å². The Balaban J connectivity index is 1.75. The van der Waals surface area contributed by atoms with Gasteiger partial charge >= 0.3 is 0 Å². The predicted octanol–water partition coefficient (Wildman–Crippen LogP) is 1.56. The average molecular weight is 445 g/mol. The minimum atomic E-state index is -3.56. The number of hydrogen-bond acceptors (Lipinski definition) is 4. The number of nitrogens with one attached hydrogen (secondary N) is 1. The molecule has 3 rings (SSSR count). The summed E-state index contributed by atoms with van der Waals surface area (Å²) in [6.07, 6.45) is 0.643. The van der Waals surface area contributed by atoms with Crippen LogP contribution in [0.15, 0.2) is 35.2 Å². The summed E-state index contributed by atoms with van der Waals surface area (Å²) in [5, 5.41) is 22.4. The number of aryl methyl sites for hydroxylation is 1. The molecule has 0 amide bonds. The molecule has 0 aliphatic carbocycles. The highest BCUT2D eigenvalue weighted by atomic mass is 35.5. The molecule has 152 valence electrons. The third-order valence-electron chi connectivity index (χ3n) is 4.99. The van der Waals surface area contributed by atoms with Gasteiger partial charge in [-0.15, -0.1) is 0 Å². The van der Waals surface area contributed by atoms with E-state index in [2.05, 4.69) is 0 Å². The summed E-state index contributed by atoms with van der Waals surface area (Å²) < 4.78 is 27.3. The Hall–Kier alpha value is -1.51. The largest absolute Gasteiger partial charge is 0.871 e.